The predicted molar refractivity (Wildman–Crippen MR) is 93.3 cm³/mol. The molecule has 0 saturated carbocycles. The monoisotopic (exact) mass is 393 g/mol. The number of amides is 1. The van der Waals surface area contributed by atoms with Crippen molar-refractivity contribution in [2.45, 2.75) is 6.18 Å². The van der Waals surface area contributed by atoms with Crippen molar-refractivity contribution < 1.29 is 26.7 Å². The number of rotatable bonds is 4. The van der Waals surface area contributed by atoms with Crippen molar-refractivity contribution >= 4 is 23.0 Å². The van der Waals surface area contributed by atoms with Crippen LogP contribution in [0.4, 0.5) is 39.0 Å². The smallest absolute Gasteiger partial charge is 0.354 e. The van der Waals surface area contributed by atoms with Crippen LogP contribution >= 0.6 is 0 Å². The van der Waals surface area contributed by atoms with Crippen LogP contribution in [0.5, 0.6) is 0 Å². The van der Waals surface area contributed by atoms with E-state index in [1.807, 2.05) is 0 Å². The maximum atomic E-state index is 13.2. The lowest BCUT2D eigenvalue weighted by Crippen LogP contribution is -2.12. The number of carbonyl (C=O) groups is 1. The molecule has 9 heteroatoms. The second-order valence-corrected chi connectivity index (χ2v) is 5.75. The van der Waals surface area contributed by atoms with Gasteiger partial charge in [-0.25, -0.2) is 8.78 Å². The quantitative estimate of drug-likeness (QED) is 0.586. The zero-order valence-electron chi connectivity index (χ0n) is 14.0. The number of hydrogen-bond acceptors (Lipinski definition) is 3. The Kier molecular flexibility index (Phi) is 5.25. The first-order chi connectivity index (χ1) is 13.2. The van der Waals surface area contributed by atoms with E-state index >= 15 is 0 Å². The molecule has 0 saturated heterocycles. The van der Waals surface area contributed by atoms with Crippen LogP contribution in [0.15, 0.2) is 60.9 Å². The molecular weight excluding hydrogens is 381 g/mol. The van der Waals surface area contributed by atoms with E-state index in [1.165, 1.54) is 36.7 Å². The summed E-state index contributed by atoms with van der Waals surface area (Å²) in [6, 6.07) is 8.68. The van der Waals surface area contributed by atoms with Crippen LogP contribution in [0.3, 0.4) is 0 Å². The Morgan fingerprint density at radius 2 is 1.50 bits per heavy atom. The SMILES string of the molecule is O=C(Nc1ccc(F)c(F)c1)c1cncc(Nc2ccc(C(F)(F)F)cc2)c1. The van der Waals surface area contributed by atoms with Crippen molar-refractivity contribution in [3.63, 3.8) is 0 Å². The van der Waals surface area contributed by atoms with Crippen LogP contribution in [-0.4, -0.2) is 10.9 Å². The normalized spacial score (nSPS) is 11.2. The number of nitrogens with zero attached hydrogens (tertiary/aromatic N) is 1. The second kappa shape index (κ2) is 7.63. The second-order valence-electron chi connectivity index (χ2n) is 5.75. The lowest BCUT2D eigenvalue weighted by molar-refractivity contribution is -0.137. The fraction of sp³-hybridized carbons (Fsp3) is 0.0526. The molecule has 0 fully saturated rings. The standard InChI is InChI=1S/C19H12F5N3O/c20-16-6-5-14(8-17(16)21)27-18(28)11-7-15(10-25-9-11)26-13-3-1-12(2-4-13)19(22,23)24/h1-10,26H,(H,27,28). The van der Waals surface area contributed by atoms with E-state index in [9.17, 15) is 26.7 Å². The van der Waals surface area contributed by atoms with Crippen LogP contribution in [0.1, 0.15) is 15.9 Å². The Labute approximate surface area is 156 Å². The molecule has 4 nitrogen and oxygen atoms in total. The van der Waals surface area contributed by atoms with Crippen LogP contribution in [0.25, 0.3) is 0 Å². The number of hydrogen-bond donors (Lipinski definition) is 2. The Morgan fingerprint density at radius 1 is 0.821 bits per heavy atom. The van der Waals surface area contributed by atoms with Gasteiger partial charge in [0, 0.05) is 23.6 Å². The number of benzene rings is 2. The third kappa shape index (κ3) is 4.61. The third-order valence-corrected chi connectivity index (χ3v) is 3.68. The molecule has 0 atom stereocenters. The third-order valence-electron chi connectivity index (χ3n) is 3.68. The average molecular weight is 393 g/mol. The number of carbonyl (C=O) groups excluding carboxylic acids is 1. The molecule has 3 rings (SSSR count). The molecule has 0 radical (unpaired) electrons. The van der Waals surface area contributed by atoms with Crippen molar-refractivity contribution in [1.82, 2.24) is 4.98 Å². The highest BCUT2D eigenvalue weighted by molar-refractivity contribution is 6.04. The largest absolute Gasteiger partial charge is 0.416 e. The summed E-state index contributed by atoms with van der Waals surface area (Å²) in [7, 11) is 0. The van der Waals surface area contributed by atoms with Crippen LogP contribution in [0.2, 0.25) is 0 Å². The first-order valence-corrected chi connectivity index (χ1v) is 7.88. The molecule has 28 heavy (non-hydrogen) atoms. The first kappa shape index (κ1) is 19.3. The highest BCUT2D eigenvalue weighted by Gasteiger charge is 2.29. The van der Waals surface area contributed by atoms with Crippen LogP contribution in [0, 0.1) is 11.6 Å². The van der Waals surface area contributed by atoms with Gasteiger partial charge in [0.1, 0.15) is 0 Å². The zero-order chi connectivity index (χ0) is 20.3. The van der Waals surface area contributed by atoms with Crippen LogP contribution < -0.4 is 10.6 Å². The summed E-state index contributed by atoms with van der Waals surface area (Å²) < 4.78 is 63.9. The summed E-state index contributed by atoms with van der Waals surface area (Å²) in [5.41, 5.74) is 0.119. The number of alkyl halides is 3. The number of nitrogens with one attached hydrogen (secondary N) is 2. The minimum absolute atomic E-state index is 0.0602. The summed E-state index contributed by atoms with van der Waals surface area (Å²) in [5.74, 6) is -2.76. The van der Waals surface area contributed by atoms with Gasteiger partial charge in [-0.05, 0) is 42.5 Å². The first-order valence-electron chi connectivity index (χ1n) is 7.88. The summed E-state index contributed by atoms with van der Waals surface area (Å²) in [6.07, 6.45) is -1.79. The summed E-state index contributed by atoms with van der Waals surface area (Å²) in [6.45, 7) is 0. The summed E-state index contributed by atoms with van der Waals surface area (Å²) in [4.78, 5) is 16.1. The molecule has 1 aromatic heterocycles. The average Bonchev–Trinajstić information content (AvgIpc) is 2.65. The van der Waals surface area contributed by atoms with Crippen molar-refractivity contribution in [2.24, 2.45) is 0 Å². The number of pyridine rings is 1. The molecule has 0 unspecified atom stereocenters. The van der Waals surface area contributed by atoms with Crippen molar-refractivity contribution in [1.29, 1.82) is 0 Å². The maximum Gasteiger partial charge on any atom is 0.416 e. The number of halogens is 5. The molecule has 144 valence electrons. The fourth-order valence-corrected chi connectivity index (χ4v) is 2.32. The molecular formula is C19H12F5N3O. The van der Waals surface area contributed by atoms with Crippen molar-refractivity contribution in [2.75, 3.05) is 10.6 Å². The van der Waals surface area contributed by atoms with Gasteiger partial charge in [0.2, 0.25) is 0 Å². The van der Waals surface area contributed by atoms with Gasteiger partial charge < -0.3 is 10.6 Å². The minimum atomic E-state index is -4.43. The van der Waals surface area contributed by atoms with Gasteiger partial charge in [-0.3, -0.25) is 9.78 Å². The van der Waals surface area contributed by atoms with Gasteiger partial charge in [-0.15, -0.1) is 0 Å². The van der Waals surface area contributed by atoms with E-state index in [4.69, 9.17) is 0 Å². The van der Waals surface area contributed by atoms with Crippen LogP contribution in [-0.2, 0) is 6.18 Å². The van der Waals surface area contributed by atoms with E-state index < -0.39 is 29.3 Å². The zero-order valence-corrected chi connectivity index (χ0v) is 14.0. The molecule has 0 aliphatic rings. The molecule has 0 aliphatic carbocycles. The Bertz CT molecular complexity index is 1000. The fourth-order valence-electron chi connectivity index (χ4n) is 2.32. The van der Waals surface area contributed by atoms with Crippen molar-refractivity contribution in [3.05, 3.63) is 83.7 Å². The predicted octanol–water partition coefficient (Wildman–Crippen LogP) is 5.37. The number of aromatic nitrogens is 1. The lowest BCUT2D eigenvalue weighted by Gasteiger charge is -2.10. The summed E-state index contributed by atoms with van der Waals surface area (Å²) >= 11 is 0. The Morgan fingerprint density at radius 3 is 2.14 bits per heavy atom. The molecule has 2 aromatic carbocycles. The van der Waals surface area contributed by atoms with E-state index in [0.717, 1.165) is 24.3 Å². The van der Waals surface area contributed by atoms with Gasteiger partial charge >= 0.3 is 6.18 Å². The van der Waals surface area contributed by atoms with E-state index in [2.05, 4.69) is 15.6 Å². The van der Waals surface area contributed by atoms with Gasteiger partial charge in [0.25, 0.3) is 5.91 Å². The topological polar surface area (TPSA) is 54.0 Å². The molecule has 0 bridgehead atoms. The van der Waals surface area contributed by atoms with Gasteiger partial charge in [0.15, 0.2) is 11.6 Å². The minimum Gasteiger partial charge on any atom is -0.354 e. The highest BCUT2D eigenvalue weighted by atomic mass is 19.4. The Balaban J connectivity index is 1.72. The van der Waals surface area contributed by atoms with E-state index in [0.29, 0.717) is 11.4 Å². The molecule has 1 heterocycles. The molecule has 1 amide bonds. The van der Waals surface area contributed by atoms with Gasteiger partial charge in [0.05, 0.1) is 23.0 Å². The Hall–Kier alpha value is -3.49. The van der Waals surface area contributed by atoms with E-state index in [1.54, 1.807) is 0 Å². The maximum absolute atomic E-state index is 13.2. The van der Waals surface area contributed by atoms with Gasteiger partial charge in [-0.2, -0.15) is 13.2 Å². The lowest BCUT2D eigenvalue weighted by atomic mass is 10.2. The molecule has 2 N–H and O–H groups in total. The molecule has 0 aliphatic heterocycles. The molecule has 0 spiro atoms. The van der Waals surface area contributed by atoms with E-state index in [-0.39, 0.29) is 11.3 Å². The summed E-state index contributed by atoms with van der Waals surface area (Å²) in [5, 5.41) is 5.24. The molecule has 3 aromatic rings. The van der Waals surface area contributed by atoms with Crippen molar-refractivity contribution in [3.8, 4) is 0 Å². The highest BCUT2D eigenvalue weighted by Crippen LogP contribution is 2.30. The number of anilines is 3. The van der Waals surface area contributed by atoms with Gasteiger partial charge in [-0.1, -0.05) is 0 Å².